The molecule has 1 atom stereocenters. The minimum absolute atomic E-state index is 0.000267. The van der Waals surface area contributed by atoms with Crippen LogP contribution in [0, 0.1) is 11.6 Å². The van der Waals surface area contributed by atoms with Gasteiger partial charge in [-0.3, -0.25) is 5.43 Å². The Morgan fingerprint density at radius 2 is 2.11 bits per heavy atom. The van der Waals surface area contributed by atoms with Crippen LogP contribution in [-0.2, 0) is 0 Å². The highest BCUT2D eigenvalue weighted by molar-refractivity contribution is 5.42. The fourth-order valence-electron chi connectivity index (χ4n) is 1.60. The van der Waals surface area contributed by atoms with E-state index in [0.29, 0.717) is 5.56 Å². The highest BCUT2D eigenvalue weighted by Gasteiger charge is 2.11. The van der Waals surface area contributed by atoms with Gasteiger partial charge in [-0.15, -0.1) is 0 Å². The van der Waals surface area contributed by atoms with Crippen molar-refractivity contribution in [2.24, 2.45) is 5.84 Å². The van der Waals surface area contributed by atoms with Gasteiger partial charge in [-0.05, 0) is 24.6 Å². The van der Waals surface area contributed by atoms with Crippen LogP contribution in [0.15, 0.2) is 30.5 Å². The predicted molar refractivity (Wildman–Crippen MR) is 68.2 cm³/mol. The molecule has 0 saturated heterocycles. The molecule has 0 aliphatic heterocycles. The van der Waals surface area contributed by atoms with E-state index in [-0.39, 0.29) is 23.6 Å². The highest BCUT2D eigenvalue weighted by Crippen LogP contribution is 2.20. The van der Waals surface area contributed by atoms with Crippen molar-refractivity contribution >= 4 is 11.8 Å². The van der Waals surface area contributed by atoms with Crippen LogP contribution in [0.1, 0.15) is 18.5 Å². The van der Waals surface area contributed by atoms with Gasteiger partial charge in [0.15, 0.2) is 11.6 Å². The number of nitrogens with zero attached hydrogens (tertiary/aromatic N) is 2. The predicted octanol–water partition coefficient (Wildman–Crippen LogP) is 2.21. The average Bonchev–Trinajstić information content (AvgIpc) is 2.41. The van der Waals surface area contributed by atoms with Crippen LogP contribution < -0.4 is 16.6 Å². The van der Waals surface area contributed by atoms with Crippen LogP contribution in [0.3, 0.4) is 0 Å². The van der Waals surface area contributed by atoms with E-state index >= 15 is 0 Å². The summed E-state index contributed by atoms with van der Waals surface area (Å²) in [5, 5.41) is 2.84. The number of anilines is 2. The Hall–Kier alpha value is -2.28. The topological polar surface area (TPSA) is 75.9 Å². The van der Waals surface area contributed by atoms with Crippen molar-refractivity contribution in [3.8, 4) is 0 Å². The van der Waals surface area contributed by atoms with E-state index in [0.717, 1.165) is 6.20 Å². The molecule has 0 fully saturated rings. The Kier molecular flexibility index (Phi) is 3.86. The van der Waals surface area contributed by atoms with Gasteiger partial charge < -0.3 is 5.32 Å². The summed E-state index contributed by atoms with van der Waals surface area (Å²) in [4.78, 5) is 7.48. The summed E-state index contributed by atoms with van der Waals surface area (Å²) in [6.45, 7) is 1.77. The molecule has 100 valence electrons. The van der Waals surface area contributed by atoms with Crippen molar-refractivity contribution in [2.75, 3.05) is 10.7 Å². The molecule has 1 aromatic heterocycles. The molecule has 0 radical (unpaired) electrons. The third-order valence-corrected chi connectivity index (χ3v) is 2.58. The SMILES string of the molecule is CC(Nc1nc(NN)ncc1F)c1cccc(F)c1. The molecule has 0 spiro atoms. The van der Waals surface area contributed by atoms with Gasteiger partial charge in [0.1, 0.15) is 5.82 Å². The van der Waals surface area contributed by atoms with E-state index in [9.17, 15) is 8.78 Å². The zero-order valence-electron chi connectivity index (χ0n) is 10.2. The van der Waals surface area contributed by atoms with Crippen LogP contribution in [0.4, 0.5) is 20.5 Å². The van der Waals surface area contributed by atoms with Crippen molar-refractivity contribution in [3.05, 3.63) is 47.7 Å². The molecular weight excluding hydrogens is 252 g/mol. The molecule has 0 amide bonds. The number of hydrogen-bond acceptors (Lipinski definition) is 5. The number of hydrogen-bond donors (Lipinski definition) is 3. The Bertz CT molecular complexity index is 576. The van der Waals surface area contributed by atoms with Crippen molar-refractivity contribution in [1.29, 1.82) is 0 Å². The molecule has 0 aliphatic rings. The first-order valence-corrected chi connectivity index (χ1v) is 5.61. The molecule has 1 unspecified atom stereocenters. The monoisotopic (exact) mass is 265 g/mol. The van der Waals surface area contributed by atoms with E-state index in [2.05, 4.69) is 20.7 Å². The summed E-state index contributed by atoms with van der Waals surface area (Å²) in [5.41, 5.74) is 2.91. The lowest BCUT2D eigenvalue weighted by molar-refractivity contribution is 0.612. The Balaban J connectivity index is 2.21. The molecule has 19 heavy (non-hydrogen) atoms. The molecule has 1 aromatic carbocycles. The maximum atomic E-state index is 13.5. The van der Waals surface area contributed by atoms with Crippen LogP contribution in [-0.4, -0.2) is 9.97 Å². The quantitative estimate of drug-likeness (QED) is 0.583. The van der Waals surface area contributed by atoms with Gasteiger partial charge >= 0.3 is 0 Å². The van der Waals surface area contributed by atoms with Gasteiger partial charge in [-0.2, -0.15) is 4.98 Å². The van der Waals surface area contributed by atoms with E-state index in [1.54, 1.807) is 19.1 Å². The number of nitrogens with two attached hydrogens (primary N) is 1. The normalized spacial score (nSPS) is 12.0. The summed E-state index contributed by atoms with van der Waals surface area (Å²) >= 11 is 0. The van der Waals surface area contributed by atoms with Gasteiger partial charge in [-0.25, -0.2) is 19.6 Å². The third-order valence-electron chi connectivity index (χ3n) is 2.58. The van der Waals surface area contributed by atoms with E-state index in [4.69, 9.17) is 5.84 Å². The lowest BCUT2D eigenvalue weighted by atomic mass is 10.1. The van der Waals surface area contributed by atoms with E-state index < -0.39 is 5.82 Å². The van der Waals surface area contributed by atoms with Crippen molar-refractivity contribution in [3.63, 3.8) is 0 Å². The Labute approximate surface area is 108 Å². The fraction of sp³-hybridized carbons (Fsp3) is 0.167. The maximum Gasteiger partial charge on any atom is 0.239 e. The molecule has 0 aliphatic carbocycles. The first-order chi connectivity index (χ1) is 9.10. The lowest BCUT2D eigenvalue weighted by Crippen LogP contribution is -2.14. The second kappa shape index (κ2) is 5.57. The molecule has 2 aromatic rings. The van der Waals surface area contributed by atoms with E-state index in [1.807, 2.05) is 0 Å². The maximum absolute atomic E-state index is 13.5. The van der Waals surface area contributed by atoms with Crippen LogP contribution in [0.2, 0.25) is 0 Å². The summed E-state index contributed by atoms with van der Waals surface area (Å²) in [7, 11) is 0. The molecule has 0 saturated carbocycles. The van der Waals surface area contributed by atoms with Gasteiger partial charge in [0.25, 0.3) is 0 Å². The molecule has 7 heteroatoms. The number of halogens is 2. The fourth-order valence-corrected chi connectivity index (χ4v) is 1.60. The number of aromatic nitrogens is 2. The van der Waals surface area contributed by atoms with Gasteiger partial charge in [0.2, 0.25) is 5.95 Å². The number of rotatable bonds is 4. The minimum atomic E-state index is -0.609. The minimum Gasteiger partial charge on any atom is -0.361 e. The van der Waals surface area contributed by atoms with Crippen molar-refractivity contribution in [2.45, 2.75) is 13.0 Å². The molecule has 2 rings (SSSR count). The third kappa shape index (κ3) is 3.14. The second-order valence-corrected chi connectivity index (χ2v) is 3.96. The average molecular weight is 265 g/mol. The van der Waals surface area contributed by atoms with Gasteiger partial charge in [0, 0.05) is 0 Å². The van der Waals surface area contributed by atoms with Gasteiger partial charge in [0.05, 0.1) is 12.2 Å². The zero-order chi connectivity index (χ0) is 13.8. The van der Waals surface area contributed by atoms with Crippen LogP contribution >= 0.6 is 0 Å². The lowest BCUT2D eigenvalue weighted by Gasteiger charge is -2.15. The molecular formula is C12H13F2N5. The molecule has 5 nitrogen and oxygen atoms in total. The largest absolute Gasteiger partial charge is 0.361 e. The van der Waals surface area contributed by atoms with Crippen LogP contribution in [0.25, 0.3) is 0 Å². The smallest absolute Gasteiger partial charge is 0.239 e. The molecule has 1 heterocycles. The number of hydrazine groups is 1. The van der Waals surface area contributed by atoms with Gasteiger partial charge in [-0.1, -0.05) is 12.1 Å². The van der Waals surface area contributed by atoms with Crippen LogP contribution in [0.5, 0.6) is 0 Å². The Morgan fingerprint density at radius 1 is 1.32 bits per heavy atom. The number of benzene rings is 1. The zero-order valence-corrected chi connectivity index (χ0v) is 10.2. The number of nitrogen functional groups attached to an aromatic ring is 1. The summed E-state index contributed by atoms with van der Waals surface area (Å²) in [5.74, 6) is 4.29. The summed E-state index contributed by atoms with van der Waals surface area (Å²) in [6, 6.07) is 5.73. The van der Waals surface area contributed by atoms with E-state index in [1.165, 1.54) is 12.1 Å². The molecule has 0 bridgehead atoms. The first kappa shape index (κ1) is 13.2. The highest BCUT2D eigenvalue weighted by atomic mass is 19.1. The first-order valence-electron chi connectivity index (χ1n) is 5.61. The van der Waals surface area contributed by atoms with Crippen molar-refractivity contribution in [1.82, 2.24) is 9.97 Å². The Morgan fingerprint density at radius 3 is 2.79 bits per heavy atom. The second-order valence-electron chi connectivity index (χ2n) is 3.96. The van der Waals surface area contributed by atoms with Crippen molar-refractivity contribution < 1.29 is 8.78 Å². The molecule has 4 N–H and O–H groups in total. The standard InChI is InChI=1S/C12H13F2N5/c1-7(8-3-2-4-9(13)5-8)17-11-10(14)6-16-12(18-11)19-15/h2-7H,15H2,1H3,(H2,16,17,18,19). The summed E-state index contributed by atoms with van der Waals surface area (Å²) < 4.78 is 26.6. The summed E-state index contributed by atoms with van der Waals surface area (Å²) in [6.07, 6.45) is 1.00. The number of nitrogens with one attached hydrogen (secondary N) is 2.